The molecular formula is C11H13ClFN. The van der Waals surface area contributed by atoms with Gasteiger partial charge in [0.05, 0.1) is 0 Å². The highest BCUT2D eigenvalue weighted by Crippen LogP contribution is 2.17. The van der Waals surface area contributed by atoms with Crippen LogP contribution in [-0.4, -0.2) is 23.4 Å². The largest absolute Gasteiger partial charge is 0.298 e. The van der Waals surface area contributed by atoms with Gasteiger partial charge in [0.15, 0.2) is 0 Å². The summed E-state index contributed by atoms with van der Waals surface area (Å²) in [5.41, 5.74) is 1.02. The van der Waals surface area contributed by atoms with Gasteiger partial charge in [0.25, 0.3) is 0 Å². The molecule has 0 aromatic heterocycles. The number of hydrogen-bond donors (Lipinski definition) is 0. The molecule has 1 unspecified atom stereocenters. The van der Waals surface area contributed by atoms with E-state index >= 15 is 0 Å². The fourth-order valence-corrected chi connectivity index (χ4v) is 2.12. The lowest BCUT2D eigenvalue weighted by atomic mass is 10.2. The van der Waals surface area contributed by atoms with Crippen molar-refractivity contribution in [2.45, 2.75) is 18.3 Å². The van der Waals surface area contributed by atoms with Crippen molar-refractivity contribution in [2.24, 2.45) is 0 Å². The Morgan fingerprint density at radius 1 is 1.50 bits per heavy atom. The summed E-state index contributed by atoms with van der Waals surface area (Å²) >= 11 is 5.99. The summed E-state index contributed by atoms with van der Waals surface area (Å²) in [4.78, 5) is 2.26. The number of likely N-dealkylation sites (tertiary alicyclic amines) is 1. The van der Waals surface area contributed by atoms with Gasteiger partial charge < -0.3 is 0 Å². The van der Waals surface area contributed by atoms with Crippen LogP contribution in [-0.2, 0) is 6.54 Å². The van der Waals surface area contributed by atoms with E-state index in [0.29, 0.717) is 0 Å². The van der Waals surface area contributed by atoms with Crippen LogP contribution < -0.4 is 0 Å². The SMILES string of the molecule is Fc1cccc(CN2CCC(Cl)C2)c1. The number of halogens is 2. The molecule has 0 amide bonds. The Labute approximate surface area is 88.5 Å². The number of alkyl halides is 1. The van der Waals surface area contributed by atoms with Crippen LogP contribution in [0.4, 0.5) is 4.39 Å². The van der Waals surface area contributed by atoms with E-state index in [4.69, 9.17) is 11.6 Å². The van der Waals surface area contributed by atoms with Crippen LogP contribution in [0.25, 0.3) is 0 Å². The monoisotopic (exact) mass is 213 g/mol. The maximum atomic E-state index is 12.9. The first kappa shape index (κ1) is 9.94. The Morgan fingerprint density at radius 3 is 3.00 bits per heavy atom. The first-order valence-electron chi connectivity index (χ1n) is 4.85. The maximum Gasteiger partial charge on any atom is 0.123 e. The molecule has 1 atom stereocenters. The third-order valence-electron chi connectivity index (χ3n) is 2.51. The van der Waals surface area contributed by atoms with Crippen LogP contribution in [0.1, 0.15) is 12.0 Å². The quantitative estimate of drug-likeness (QED) is 0.683. The highest BCUT2D eigenvalue weighted by Gasteiger charge is 2.19. The number of nitrogens with zero attached hydrogens (tertiary/aromatic N) is 1. The average Bonchev–Trinajstić information content (AvgIpc) is 2.51. The van der Waals surface area contributed by atoms with E-state index in [1.54, 1.807) is 12.1 Å². The minimum absolute atomic E-state index is 0.163. The molecule has 1 aliphatic rings. The Morgan fingerprint density at radius 2 is 2.36 bits per heavy atom. The molecule has 0 N–H and O–H groups in total. The average molecular weight is 214 g/mol. The molecule has 1 aromatic rings. The molecule has 76 valence electrons. The van der Waals surface area contributed by atoms with E-state index in [0.717, 1.165) is 31.6 Å². The van der Waals surface area contributed by atoms with Crippen LogP contribution in [0, 0.1) is 5.82 Å². The van der Waals surface area contributed by atoms with Gasteiger partial charge in [-0.15, -0.1) is 11.6 Å². The summed E-state index contributed by atoms with van der Waals surface area (Å²) in [5.74, 6) is -0.163. The van der Waals surface area contributed by atoms with Crippen LogP contribution in [0.5, 0.6) is 0 Å². The second-order valence-electron chi connectivity index (χ2n) is 3.75. The van der Waals surface area contributed by atoms with Gasteiger partial charge in [-0.1, -0.05) is 12.1 Å². The summed E-state index contributed by atoms with van der Waals surface area (Å²) in [6, 6.07) is 6.75. The highest BCUT2D eigenvalue weighted by molar-refractivity contribution is 6.20. The summed E-state index contributed by atoms with van der Waals surface area (Å²) in [7, 11) is 0. The van der Waals surface area contributed by atoms with Gasteiger partial charge in [0.1, 0.15) is 5.82 Å². The van der Waals surface area contributed by atoms with Crippen LogP contribution in [0.2, 0.25) is 0 Å². The van der Waals surface area contributed by atoms with Crippen LogP contribution in [0.15, 0.2) is 24.3 Å². The fraction of sp³-hybridized carbons (Fsp3) is 0.455. The Hall–Kier alpha value is -0.600. The van der Waals surface area contributed by atoms with Gasteiger partial charge in [0.2, 0.25) is 0 Å². The first-order valence-corrected chi connectivity index (χ1v) is 5.28. The molecule has 0 spiro atoms. The predicted molar refractivity (Wildman–Crippen MR) is 55.9 cm³/mol. The zero-order chi connectivity index (χ0) is 9.97. The van der Waals surface area contributed by atoms with E-state index in [1.165, 1.54) is 6.07 Å². The zero-order valence-electron chi connectivity index (χ0n) is 7.92. The standard InChI is InChI=1S/C11H13ClFN/c12-10-4-5-14(8-10)7-9-2-1-3-11(13)6-9/h1-3,6,10H,4-5,7-8H2. The lowest BCUT2D eigenvalue weighted by molar-refractivity contribution is 0.331. The molecule has 2 rings (SSSR count). The van der Waals surface area contributed by atoms with Gasteiger partial charge in [-0.05, 0) is 30.7 Å². The smallest absolute Gasteiger partial charge is 0.123 e. The van der Waals surface area contributed by atoms with Crippen LogP contribution in [0.3, 0.4) is 0 Å². The summed E-state index contributed by atoms with van der Waals surface area (Å²) < 4.78 is 12.9. The Balaban J connectivity index is 1.97. The Bertz CT molecular complexity index is 316. The molecule has 0 saturated carbocycles. The number of hydrogen-bond acceptors (Lipinski definition) is 1. The molecule has 0 radical (unpaired) electrons. The van der Waals surface area contributed by atoms with Gasteiger partial charge in [-0.2, -0.15) is 0 Å². The lowest BCUT2D eigenvalue weighted by Crippen LogP contribution is -2.20. The third-order valence-corrected chi connectivity index (χ3v) is 2.87. The van der Waals surface area contributed by atoms with Crippen molar-refractivity contribution in [3.63, 3.8) is 0 Å². The predicted octanol–water partition coefficient (Wildman–Crippen LogP) is 2.64. The summed E-state index contributed by atoms with van der Waals surface area (Å²) in [5, 5.41) is 0.267. The lowest BCUT2D eigenvalue weighted by Gasteiger charge is -2.14. The third kappa shape index (κ3) is 2.46. The topological polar surface area (TPSA) is 3.24 Å². The zero-order valence-corrected chi connectivity index (χ0v) is 8.67. The molecule has 0 aliphatic carbocycles. The van der Waals surface area contributed by atoms with E-state index < -0.39 is 0 Å². The number of rotatable bonds is 2. The molecule has 3 heteroatoms. The summed E-state index contributed by atoms with van der Waals surface area (Å²) in [6.07, 6.45) is 1.04. The molecule has 1 heterocycles. The van der Waals surface area contributed by atoms with Crippen molar-refractivity contribution in [3.05, 3.63) is 35.6 Å². The molecule has 1 fully saturated rings. The minimum atomic E-state index is -0.163. The van der Waals surface area contributed by atoms with E-state index in [2.05, 4.69) is 4.90 Å². The second-order valence-corrected chi connectivity index (χ2v) is 4.37. The number of benzene rings is 1. The van der Waals surface area contributed by atoms with Gasteiger partial charge in [-0.25, -0.2) is 4.39 Å². The first-order chi connectivity index (χ1) is 6.74. The van der Waals surface area contributed by atoms with Crippen molar-refractivity contribution < 1.29 is 4.39 Å². The van der Waals surface area contributed by atoms with Gasteiger partial charge >= 0.3 is 0 Å². The maximum absolute atomic E-state index is 12.9. The van der Waals surface area contributed by atoms with Crippen molar-refractivity contribution in [1.29, 1.82) is 0 Å². The minimum Gasteiger partial charge on any atom is -0.298 e. The van der Waals surface area contributed by atoms with Crippen molar-refractivity contribution in [2.75, 3.05) is 13.1 Å². The molecule has 1 nitrogen and oxygen atoms in total. The highest BCUT2D eigenvalue weighted by atomic mass is 35.5. The van der Waals surface area contributed by atoms with Crippen LogP contribution >= 0.6 is 11.6 Å². The normalized spacial score (nSPS) is 22.9. The second kappa shape index (κ2) is 4.28. The van der Waals surface area contributed by atoms with Crippen molar-refractivity contribution in [1.82, 2.24) is 4.90 Å². The van der Waals surface area contributed by atoms with Gasteiger partial charge in [0, 0.05) is 18.5 Å². The summed E-state index contributed by atoms with van der Waals surface area (Å²) in [6.45, 7) is 2.74. The van der Waals surface area contributed by atoms with E-state index in [9.17, 15) is 4.39 Å². The molecular weight excluding hydrogens is 201 g/mol. The molecule has 1 aromatic carbocycles. The van der Waals surface area contributed by atoms with Gasteiger partial charge in [-0.3, -0.25) is 4.90 Å². The van der Waals surface area contributed by atoms with Crippen molar-refractivity contribution >= 4 is 11.6 Å². The van der Waals surface area contributed by atoms with Crippen molar-refractivity contribution in [3.8, 4) is 0 Å². The molecule has 1 saturated heterocycles. The molecule has 0 bridgehead atoms. The Kier molecular flexibility index (Phi) is 3.04. The van der Waals surface area contributed by atoms with E-state index in [1.807, 2.05) is 6.07 Å². The molecule has 1 aliphatic heterocycles. The fourth-order valence-electron chi connectivity index (χ4n) is 1.82. The molecule has 14 heavy (non-hydrogen) atoms. The van der Waals surface area contributed by atoms with E-state index in [-0.39, 0.29) is 11.2 Å².